The summed E-state index contributed by atoms with van der Waals surface area (Å²) in [6.07, 6.45) is 0. The smallest absolute Gasteiger partial charge is 0.216 e. The Morgan fingerprint density at radius 2 is 2.19 bits per heavy atom. The van der Waals surface area contributed by atoms with Crippen molar-refractivity contribution in [2.24, 2.45) is 4.99 Å². The van der Waals surface area contributed by atoms with Gasteiger partial charge in [-0.05, 0) is 19.1 Å². The molecule has 1 aliphatic rings. The molecule has 16 heavy (non-hydrogen) atoms. The number of aromatic nitrogens is 2. The molecule has 0 unspecified atom stereocenters. The SMILES string of the molecule is Cc1ccc(N=c2snc3n2CCN3)cc1. The van der Waals surface area contributed by atoms with E-state index in [0.29, 0.717) is 0 Å². The molecule has 1 aromatic heterocycles. The van der Waals surface area contributed by atoms with Crippen molar-refractivity contribution < 1.29 is 0 Å². The van der Waals surface area contributed by atoms with Crippen LogP contribution in [0.25, 0.3) is 0 Å². The Hall–Kier alpha value is -1.62. The normalized spacial score (nSPS) is 14.9. The Balaban J connectivity index is 2.05. The topological polar surface area (TPSA) is 42.2 Å². The number of nitrogens with zero attached hydrogens (tertiary/aromatic N) is 3. The zero-order chi connectivity index (χ0) is 11.0. The molecule has 1 aliphatic heterocycles. The molecular weight excluding hydrogens is 220 g/mol. The molecule has 4 nitrogen and oxygen atoms in total. The van der Waals surface area contributed by atoms with Gasteiger partial charge < -0.3 is 5.32 Å². The Morgan fingerprint density at radius 1 is 1.38 bits per heavy atom. The van der Waals surface area contributed by atoms with Gasteiger partial charge in [0.2, 0.25) is 10.7 Å². The van der Waals surface area contributed by atoms with Crippen LogP contribution in [0, 0.1) is 6.92 Å². The van der Waals surface area contributed by atoms with E-state index < -0.39 is 0 Å². The van der Waals surface area contributed by atoms with Crippen molar-refractivity contribution in [1.29, 1.82) is 0 Å². The second-order valence-corrected chi connectivity index (χ2v) is 4.54. The van der Waals surface area contributed by atoms with Crippen LogP contribution in [0.5, 0.6) is 0 Å². The monoisotopic (exact) mass is 232 g/mol. The molecule has 1 N–H and O–H groups in total. The first-order chi connectivity index (χ1) is 7.83. The minimum absolute atomic E-state index is 0.941. The van der Waals surface area contributed by atoms with Crippen LogP contribution < -0.4 is 10.1 Å². The molecule has 3 rings (SSSR count). The third kappa shape index (κ3) is 1.63. The van der Waals surface area contributed by atoms with Crippen LogP contribution >= 0.6 is 11.5 Å². The second-order valence-electron chi connectivity index (χ2n) is 3.81. The van der Waals surface area contributed by atoms with Crippen LogP contribution in [0.15, 0.2) is 29.3 Å². The highest BCUT2D eigenvalue weighted by atomic mass is 32.1. The van der Waals surface area contributed by atoms with Gasteiger partial charge in [0.25, 0.3) is 0 Å². The van der Waals surface area contributed by atoms with Crippen molar-refractivity contribution in [3.05, 3.63) is 34.6 Å². The summed E-state index contributed by atoms with van der Waals surface area (Å²) in [4.78, 5) is 5.55. The van der Waals surface area contributed by atoms with Crippen LogP contribution in [-0.2, 0) is 6.54 Å². The van der Waals surface area contributed by atoms with Gasteiger partial charge in [-0.1, -0.05) is 17.7 Å². The van der Waals surface area contributed by atoms with Gasteiger partial charge in [0.05, 0.1) is 5.69 Å². The number of benzene rings is 1. The molecule has 0 amide bonds. The van der Waals surface area contributed by atoms with Gasteiger partial charge in [-0.15, -0.1) is 0 Å². The van der Waals surface area contributed by atoms with Gasteiger partial charge in [-0.2, -0.15) is 4.37 Å². The molecule has 5 heteroatoms. The summed E-state index contributed by atoms with van der Waals surface area (Å²) in [5.74, 6) is 0.941. The summed E-state index contributed by atoms with van der Waals surface area (Å²) in [5.41, 5.74) is 2.24. The predicted molar refractivity (Wildman–Crippen MR) is 65.0 cm³/mol. The van der Waals surface area contributed by atoms with E-state index in [0.717, 1.165) is 29.5 Å². The van der Waals surface area contributed by atoms with Gasteiger partial charge in [-0.25, -0.2) is 4.99 Å². The van der Waals surface area contributed by atoms with Crippen LogP contribution in [0.2, 0.25) is 0 Å². The molecule has 2 aromatic rings. The fourth-order valence-corrected chi connectivity index (χ4v) is 2.45. The molecule has 0 bridgehead atoms. The van der Waals surface area contributed by atoms with E-state index >= 15 is 0 Å². The third-order valence-electron chi connectivity index (χ3n) is 2.58. The quantitative estimate of drug-likeness (QED) is 0.816. The molecule has 2 heterocycles. The lowest BCUT2D eigenvalue weighted by molar-refractivity contribution is 0.776. The van der Waals surface area contributed by atoms with E-state index in [1.165, 1.54) is 17.1 Å². The lowest BCUT2D eigenvalue weighted by atomic mass is 10.2. The molecule has 0 fully saturated rings. The Kier molecular flexibility index (Phi) is 2.25. The molecule has 0 aliphatic carbocycles. The van der Waals surface area contributed by atoms with Crippen molar-refractivity contribution >= 4 is 23.2 Å². The summed E-state index contributed by atoms with van der Waals surface area (Å²) >= 11 is 1.43. The van der Waals surface area contributed by atoms with E-state index in [2.05, 4.69) is 38.3 Å². The second kappa shape index (κ2) is 3.75. The van der Waals surface area contributed by atoms with Gasteiger partial charge in [-0.3, -0.25) is 4.57 Å². The van der Waals surface area contributed by atoms with Crippen LogP contribution in [0.4, 0.5) is 11.6 Å². The summed E-state index contributed by atoms with van der Waals surface area (Å²) in [6.45, 7) is 3.98. The third-order valence-corrected chi connectivity index (χ3v) is 3.32. The highest BCUT2D eigenvalue weighted by Gasteiger charge is 2.12. The van der Waals surface area contributed by atoms with Gasteiger partial charge >= 0.3 is 0 Å². The molecule has 0 saturated heterocycles. The Bertz CT molecular complexity index is 564. The maximum Gasteiger partial charge on any atom is 0.216 e. The van der Waals surface area contributed by atoms with E-state index in [1.54, 1.807) is 0 Å². The van der Waals surface area contributed by atoms with Gasteiger partial charge in [0.1, 0.15) is 0 Å². The maximum atomic E-state index is 4.59. The lowest BCUT2D eigenvalue weighted by Gasteiger charge is -1.95. The highest BCUT2D eigenvalue weighted by Crippen LogP contribution is 2.13. The van der Waals surface area contributed by atoms with Crippen molar-refractivity contribution in [1.82, 2.24) is 8.94 Å². The van der Waals surface area contributed by atoms with Crippen molar-refractivity contribution in [3.63, 3.8) is 0 Å². The first-order valence-electron chi connectivity index (χ1n) is 5.25. The molecule has 0 spiro atoms. The summed E-state index contributed by atoms with van der Waals surface area (Å²) in [7, 11) is 0. The van der Waals surface area contributed by atoms with E-state index in [4.69, 9.17) is 0 Å². The number of hydrogen-bond donors (Lipinski definition) is 1. The minimum Gasteiger partial charge on any atom is -0.353 e. The average Bonchev–Trinajstić information content (AvgIpc) is 2.86. The Labute approximate surface area is 97.5 Å². The summed E-state index contributed by atoms with van der Waals surface area (Å²) in [5, 5.41) is 3.22. The van der Waals surface area contributed by atoms with E-state index in [-0.39, 0.29) is 0 Å². The fraction of sp³-hybridized carbons (Fsp3) is 0.273. The van der Waals surface area contributed by atoms with Crippen molar-refractivity contribution in [2.75, 3.05) is 11.9 Å². The molecule has 1 aromatic carbocycles. The van der Waals surface area contributed by atoms with Crippen LogP contribution in [0.1, 0.15) is 5.56 Å². The maximum absolute atomic E-state index is 4.59. The first kappa shape index (κ1) is 9.59. The number of anilines is 1. The fourth-order valence-electron chi connectivity index (χ4n) is 1.69. The standard InChI is InChI=1S/C11H12N4S/c1-8-2-4-9(5-3-8)13-11-15-7-6-12-10(15)14-16-11/h2-5H,6-7H2,1H3,(H,12,14). The van der Waals surface area contributed by atoms with E-state index in [1.807, 2.05) is 12.1 Å². The van der Waals surface area contributed by atoms with Gasteiger partial charge in [0.15, 0.2) is 0 Å². The highest BCUT2D eigenvalue weighted by molar-refractivity contribution is 7.03. The van der Waals surface area contributed by atoms with Crippen molar-refractivity contribution in [2.45, 2.75) is 13.5 Å². The molecular formula is C11H12N4S. The molecule has 0 saturated carbocycles. The number of rotatable bonds is 1. The molecule has 0 atom stereocenters. The molecule has 0 radical (unpaired) electrons. The number of hydrogen-bond acceptors (Lipinski definition) is 4. The van der Waals surface area contributed by atoms with Crippen LogP contribution in [0.3, 0.4) is 0 Å². The van der Waals surface area contributed by atoms with Gasteiger partial charge in [0, 0.05) is 24.6 Å². The average molecular weight is 232 g/mol. The summed E-state index contributed by atoms with van der Waals surface area (Å²) < 4.78 is 6.43. The molecule has 82 valence electrons. The minimum atomic E-state index is 0.941. The van der Waals surface area contributed by atoms with Crippen molar-refractivity contribution in [3.8, 4) is 0 Å². The van der Waals surface area contributed by atoms with Crippen LogP contribution in [-0.4, -0.2) is 15.5 Å². The predicted octanol–water partition coefficient (Wildman–Crippen LogP) is 1.91. The zero-order valence-electron chi connectivity index (χ0n) is 8.97. The zero-order valence-corrected chi connectivity index (χ0v) is 9.79. The summed E-state index contributed by atoms with van der Waals surface area (Å²) in [6, 6.07) is 8.21. The number of fused-ring (bicyclic) bond motifs is 1. The first-order valence-corrected chi connectivity index (χ1v) is 6.02. The Morgan fingerprint density at radius 3 is 3.00 bits per heavy atom. The van der Waals surface area contributed by atoms with E-state index in [9.17, 15) is 0 Å². The number of nitrogens with one attached hydrogen (secondary N) is 1. The number of aryl methyl sites for hydroxylation is 1. The largest absolute Gasteiger partial charge is 0.353 e. The lowest BCUT2D eigenvalue weighted by Crippen LogP contribution is -2.11.